The summed E-state index contributed by atoms with van der Waals surface area (Å²) in [6.45, 7) is 4.59. The zero-order chi connectivity index (χ0) is 24.0. The van der Waals surface area contributed by atoms with E-state index in [1.165, 1.54) is 23.1 Å². The van der Waals surface area contributed by atoms with Crippen LogP contribution in [0.25, 0.3) is 0 Å². The number of likely N-dealkylation sites (N-methyl/N-ethyl adjacent to an activating group) is 1. The van der Waals surface area contributed by atoms with Crippen LogP contribution in [0.15, 0.2) is 48.5 Å². The summed E-state index contributed by atoms with van der Waals surface area (Å²) in [5.74, 6) is -1.66. The molecule has 2 aromatic carbocycles. The number of thiocarbonyl (C=S) groups is 1. The van der Waals surface area contributed by atoms with Crippen LogP contribution in [0.2, 0.25) is 0 Å². The Morgan fingerprint density at radius 3 is 2.45 bits per heavy atom. The van der Waals surface area contributed by atoms with E-state index in [9.17, 15) is 18.8 Å². The Morgan fingerprint density at radius 2 is 1.82 bits per heavy atom. The van der Waals surface area contributed by atoms with E-state index < -0.39 is 29.6 Å². The molecule has 0 saturated carbocycles. The van der Waals surface area contributed by atoms with Crippen molar-refractivity contribution in [1.29, 1.82) is 0 Å². The van der Waals surface area contributed by atoms with Gasteiger partial charge in [0.2, 0.25) is 5.91 Å². The highest BCUT2D eigenvalue weighted by molar-refractivity contribution is 7.80. The summed E-state index contributed by atoms with van der Waals surface area (Å²) in [7, 11) is 0. The Morgan fingerprint density at radius 1 is 1.12 bits per heavy atom. The molecule has 0 bridgehead atoms. The fourth-order valence-corrected chi connectivity index (χ4v) is 3.69. The van der Waals surface area contributed by atoms with Gasteiger partial charge in [0.25, 0.3) is 11.8 Å². The molecular formula is C23H25FN4O4S. The number of halogens is 1. The topological polar surface area (TPSA) is 91.0 Å². The Labute approximate surface area is 196 Å². The van der Waals surface area contributed by atoms with Gasteiger partial charge in [0.05, 0.1) is 18.6 Å². The first-order valence-electron chi connectivity index (χ1n) is 10.6. The molecule has 0 spiro atoms. The van der Waals surface area contributed by atoms with E-state index in [4.69, 9.17) is 17.0 Å². The third kappa shape index (κ3) is 5.64. The van der Waals surface area contributed by atoms with Gasteiger partial charge in [0.1, 0.15) is 17.6 Å². The molecule has 8 nitrogen and oxygen atoms in total. The van der Waals surface area contributed by atoms with Gasteiger partial charge in [-0.05, 0) is 62.0 Å². The van der Waals surface area contributed by atoms with Crippen LogP contribution in [-0.4, -0.2) is 51.9 Å². The molecule has 0 aromatic heterocycles. The van der Waals surface area contributed by atoms with Crippen molar-refractivity contribution in [2.24, 2.45) is 0 Å². The van der Waals surface area contributed by atoms with E-state index in [0.717, 1.165) is 17.5 Å². The van der Waals surface area contributed by atoms with Crippen LogP contribution in [-0.2, 0) is 9.59 Å². The second-order valence-corrected chi connectivity index (χ2v) is 7.66. The van der Waals surface area contributed by atoms with E-state index in [-0.39, 0.29) is 23.6 Å². The Balaban J connectivity index is 1.71. The molecule has 2 aromatic rings. The van der Waals surface area contributed by atoms with Gasteiger partial charge < -0.3 is 10.1 Å². The Bertz CT molecular complexity index is 1050. The number of benzene rings is 2. The molecule has 2 N–H and O–H groups in total. The van der Waals surface area contributed by atoms with Gasteiger partial charge in [-0.2, -0.15) is 0 Å². The van der Waals surface area contributed by atoms with Crippen LogP contribution in [0.1, 0.15) is 37.0 Å². The molecule has 174 valence electrons. The van der Waals surface area contributed by atoms with Crippen molar-refractivity contribution in [1.82, 2.24) is 15.3 Å². The highest BCUT2D eigenvalue weighted by Gasteiger charge is 2.44. The molecule has 1 aliphatic heterocycles. The molecule has 33 heavy (non-hydrogen) atoms. The molecule has 0 unspecified atom stereocenters. The second-order valence-electron chi connectivity index (χ2n) is 7.30. The molecular weight excluding hydrogens is 447 g/mol. The van der Waals surface area contributed by atoms with Gasteiger partial charge in [-0.1, -0.05) is 19.1 Å². The highest BCUT2D eigenvalue weighted by Crippen LogP contribution is 2.21. The molecule has 10 heteroatoms. The summed E-state index contributed by atoms with van der Waals surface area (Å²) in [5, 5.41) is 3.92. The fraction of sp³-hybridized carbons (Fsp3) is 0.304. The normalized spacial score (nSPS) is 15.5. The number of carbonyl (C=O) groups excluding carboxylic acids is 3. The molecule has 3 amide bonds. The first-order chi connectivity index (χ1) is 15.8. The molecule has 1 aliphatic rings. The second kappa shape index (κ2) is 10.9. The van der Waals surface area contributed by atoms with E-state index in [1.54, 1.807) is 31.2 Å². The van der Waals surface area contributed by atoms with Crippen molar-refractivity contribution in [2.75, 3.05) is 18.5 Å². The average Bonchev–Trinajstić information content (AvgIpc) is 3.02. The third-order valence-electron chi connectivity index (χ3n) is 4.95. The maximum Gasteiger partial charge on any atom is 0.272 e. The summed E-state index contributed by atoms with van der Waals surface area (Å²) in [6.07, 6.45) is 0.621. The van der Waals surface area contributed by atoms with Crippen molar-refractivity contribution in [3.05, 3.63) is 59.9 Å². The van der Waals surface area contributed by atoms with E-state index in [0.29, 0.717) is 18.0 Å². The van der Waals surface area contributed by atoms with Gasteiger partial charge in [-0.3, -0.25) is 24.7 Å². The van der Waals surface area contributed by atoms with Crippen molar-refractivity contribution < 1.29 is 23.5 Å². The smallest absolute Gasteiger partial charge is 0.272 e. The van der Waals surface area contributed by atoms with Crippen LogP contribution in [0.4, 0.5) is 10.1 Å². The fourth-order valence-electron chi connectivity index (χ4n) is 3.30. The average molecular weight is 473 g/mol. The van der Waals surface area contributed by atoms with Crippen molar-refractivity contribution in [3.63, 3.8) is 0 Å². The quantitative estimate of drug-likeness (QED) is 0.545. The third-order valence-corrected chi connectivity index (χ3v) is 5.36. The number of hydrazine groups is 1. The lowest BCUT2D eigenvalue weighted by Gasteiger charge is -2.24. The number of hydrogen-bond acceptors (Lipinski definition) is 5. The standard InChI is InChI=1S/C23H25FN4O4S/c1-3-13-32-16-11-9-15(10-12-16)25-20(29)14-19-22(31)27(4-2)23(33)28(19)26-21(30)17-7-5-6-8-18(17)24/h5-12,19H,3-4,13-14H2,1-2H3,(H,25,29)(H,26,30)/t19-/m1/s1. The van der Waals surface area contributed by atoms with Crippen LogP contribution < -0.4 is 15.5 Å². The van der Waals surface area contributed by atoms with E-state index in [1.807, 2.05) is 6.92 Å². The molecule has 1 saturated heterocycles. The molecule has 1 heterocycles. The Hall–Kier alpha value is -3.53. The predicted molar refractivity (Wildman–Crippen MR) is 125 cm³/mol. The Kier molecular flexibility index (Phi) is 7.94. The molecule has 0 aliphatic carbocycles. The lowest BCUT2D eigenvalue weighted by atomic mass is 10.1. The number of rotatable bonds is 9. The van der Waals surface area contributed by atoms with Crippen molar-refractivity contribution in [2.45, 2.75) is 32.7 Å². The van der Waals surface area contributed by atoms with Gasteiger partial charge in [0.15, 0.2) is 5.11 Å². The zero-order valence-electron chi connectivity index (χ0n) is 18.3. The molecule has 1 atom stereocenters. The first-order valence-corrected chi connectivity index (χ1v) is 11.0. The number of ether oxygens (including phenoxy) is 1. The van der Waals surface area contributed by atoms with Crippen LogP contribution in [0, 0.1) is 5.82 Å². The maximum atomic E-state index is 14.0. The summed E-state index contributed by atoms with van der Waals surface area (Å²) in [6, 6.07) is 11.3. The van der Waals surface area contributed by atoms with Crippen LogP contribution in [0.5, 0.6) is 5.75 Å². The number of carbonyl (C=O) groups is 3. The van der Waals surface area contributed by atoms with Gasteiger partial charge in [-0.15, -0.1) is 0 Å². The summed E-state index contributed by atoms with van der Waals surface area (Å²) in [4.78, 5) is 39.4. The summed E-state index contributed by atoms with van der Waals surface area (Å²) in [5.41, 5.74) is 2.82. The summed E-state index contributed by atoms with van der Waals surface area (Å²) >= 11 is 5.32. The van der Waals surface area contributed by atoms with Crippen LogP contribution >= 0.6 is 12.2 Å². The number of nitrogens with zero attached hydrogens (tertiary/aromatic N) is 2. The SMILES string of the molecule is CCCOc1ccc(NC(=O)C[C@@H]2C(=O)N(CC)C(=S)N2NC(=O)c2ccccc2F)cc1. The van der Waals surface area contributed by atoms with Gasteiger partial charge in [-0.25, -0.2) is 9.40 Å². The zero-order valence-corrected chi connectivity index (χ0v) is 19.2. The summed E-state index contributed by atoms with van der Waals surface area (Å²) < 4.78 is 19.5. The van der Waals surface area contributed by atoms with Gasteiger partial charge >= 0.3 is 0 Å². The lowest BCUT2D eigenvalue weighted by molar-refractivity contribution is -0.130. The number of nitrogens with one attached hydrogen (secondary N) is 2. The molecule has 0 radical (unpaired) electrons. The minimum atomic E-state index is -1.06. The van der Waals surface area contributed by atoms with E-state index in [2.05, 4.69) is 10.7 Å². The number of anilines is 1. The van der Waals surface area contributed by atoms with E-state index >= 15 is 0 Å². The molecule has 3 rings (SSSR count). The maximum absolute atomic E-state index is 14.0. The monoisotopic (exact) mass is 472 g/mol. The minimum Gasteiger partial charge on any atom is -0.494 e. The number of hydrogen-bond donors (Lipinski definition) is 2. The van der Waals surface area contributed by atoms with Crippen molar-refractivity contribution in [3.8, 4) is 5.75 Å². The molecule has 1 fully saturated rings. The number of amides is 3. The minimum absolute atomic E-state index is 0.0439. The predicted octanol–water partition coefficient (Wildman–Crippen LogP) is 3.11. The van der Waals surface area contributed by atoms with Crippen LogP contribution in [0.3, 0.4) is 0 Å². The lowest BCUT2D eigenvalue weighted by Crippen LogP contribution is -2.49. The van der Waals surface area contributed by atoms with Gasteiger partial charge in [0, 0.05) is 12.2 Å². The first kappa shape index (κ1) is 24.1. The van der Waals surface area contributed by atoms with Crippen molar-refractivity contribution >= 4 is 40.7 Å². The largest absolute Gasteiger partial charge is 0.494 e. The highest BCUT2D eigenvalue weighted by atomic mass is 32.1.